The van der Waals surface area contributed by atoms with Gasteiger partial charge >= 0.3 is 0 Å². The molecule has 1 aromatic heterocycles. The number of hydrogen-bond donors (Lipinski definition) is 1. The predicted molar refractivity (Wildman–Crippen MR) is 79.4 cm³/mol. The van der Waals surface area contributed by atoms with Crippen LogP contribution in [0.5, 0.6) is 0 Å². The number of aliphatic hydroxyl groups is 1. The standard InChI is InChI=1S/C15H23ClOS/c1-14(2,3)11-6-8-15(17,9-7-11)10-12-4-5-13(16)18-12/h4-5,11,17H,6-10H2,1-3H3. The van der Waals surface area contributed by atoms with Crippen LogP contribution in [0.4, 0.5) is 0 Å². The van der Waals surface area contributed by atoms with E-state index in [2.05, 4.69) is 20.8 Å². The first-order chi connectivity index (χ1) is 8.28. The van der Waals surface area contributed by atoms with E-state index in [-0.39, 0.29) is 0 Å². The van der Waals surface area contributed by atoms with E-state index in [1.807, 2.05) is 12.1 Å². The van der Waals surface area contributed by atoms with Crippen molar-refractivity contribution >= 4 is 22.9 Å². The predicted octanol–water partition coefficient (Wildman–Crippen LogP) is 4.91. The lowest BCUT2D eigenvalue weighted by molar-refractivity contribution is -0.0239. The minimum Gasteiger partial charge on any atom is -0.390 e. The molecule has 1 nitrogen and oxygen atoms in total. The first-order valence-electron chi connectivity index (χ1n) is 6.75. The molecule has 3 heteroatoms. The molecule has 1 heterocycles. The maximum Gasteiger partial charge on any atom is 0.0931 e. The summed E-state index contributed by atoms with van der Waals surface area (Å²) in [4.78, 5) is 1.21. The van der Waals surface area contributed by atoms with Crippen molar-refractivity contribution in [1.82, 2.24) is 0 Å². The second-order valence-corrected chi connectivity index (χ2v) is 8.55. The van der Waals surface area contributed by atoms with Crippen molar-refractivity contribution in [1.29, 1.82) is 0 Å². The molecule has 1 aliphatic rings. The van der Waals surface area contributed by atoms with Gasteiger partial charge in [-0.05, 0) is 49.1 Å². The molecule has 1 fully saturated rings. The lowest BCUT2D eigenvalue weighted by Crippen LogP contribution is -2.38. The van der Waals surface area contributed by atoms with E-state index in [4.69, 9.17) is 11.6 Å². The molecule has 2 rings (SSSR count). The molecule has 0 aromatic carbocycles. The molecule has 0 atom stereocenters. The first kappa shape index (κ1) is 14.4. The second-order valence-electron chi connectivity index (χ2n) is 6.75. The Bertz CT molecular complexity index is 397. The van der Waals surface area contributed by atoms with Crippen LogP contribution in [0.3, 0.4) is 0 Å². The Morgan fingerprint density at radius 1 is 1.33 bits per heavy atom. The molecule has 1 aliphatic carbocycles. The van der Waals surface area contributed by atoms with Gasteiger partial charge in [0.2, 0.25) is 0 Å². The number of halogens is 1. The SMILES string of the molecule is CC(C)(C)C1CCC(O)(Cc2ccc(Cl)s2)CC1. The summed E-state index contributed by atoms with van der Waals surface area (Å²) in [7, 11) is 0. The summed E-state index contributed by atoms with van der Waals surface area (Å²) in [5.74, 6) is 0.740. The molecule has 18 heavy (non-hydrogen) atoms. The Morgan fingerprint density at radius 3 is 2.39 bits per heavy atom. The molecule has 0 radical (unpaired) electrons. The highest BCUT2D eigenvalue weighted by Crippen LogP contribution is 2.43. The van der Waals surface area contributed by atoms with E-state index in [1.54, 1.807) is 11.3 Å². The van der Waals surface area contributed by atoms with Crippen molar-refractivity contribution in [2.75, 3.05) is 0 Å². The largest absolute Gasteiger partial charge is 0.390 e. The third kappa shape index (κ3) is 3.49. The van der Waals surface area contributed by atoms with Crippen LogP contribution in [0.25, 0.3) is 0 Å². The van der Waals surface area contributed by atoms with Gasteiger partial charge in [0, 0.05) is 11.3 Å². The lowest BCUT2D eigenvalue weighted by atomic mass is 9.67. The first-order valence-corrected chi connectivity index (χ1v) is 7.95. The summed E-state index contributed by atoms with van der Waals surface area (Å²) >= 11 is 7.54. The minimum atomic E-state index is -0.504. The van der Waals surface area contributed by atoms with Gasteiger partial charge in [-0.25, -0.2) is 0 Å². The van der Waals surface area contributed by atoms with Crippen LogP contribution in [-0.2, 0) is 6.42 Å². The zero-order valence-electron chi connectivity index (χ0n) is 11.5. The van der Waals surface area contributed by atoms with Crippen molar-refractivity contribution in [3.63, 3.8) is 0 Å². The van der Waals surface area contributed by atoms with Gasteiger partial charge in [-0.2, -0.15) is 0 Å². The van der Waals surface area contributed by atoms with E-state index in [0.717, 1.165) is 42.4 Å². The Balaban J connectivity index is 1.95. The topological polar surface area (TPSA) is 20.2 Å². The highest BCUT2D eigenvalue weighted by Gasteiger charge is 2.37. The molecule has 0 saturated heterocycles. The van der Waals surface area contributed by atoms with Crippen LogP contribution in [0.1, 0.15) is 51.3 Å². The van der Waals surface area contributed by atoms with Crippen molar-refractivity contribution < 1.29 is 5.11 Å². The van der Waals surface area contributed by atoms with E-state index in [1.165, 1.54) is 4.88 Å². The van der Waals surface area contributed by atoms with E-state index in [0.29, 0.717) is 5.41 Å². The fourth-order valence-corrected chi connectivity index (χ4v) is 4.19. The quantitative estimate of drug-likeness (QED) is 0.819. The average Bonchev–Trinajstić information content (AvgIpc) is 2.62. The fourth-order valence-electron chi connectivity index (χ4n) is 2.97. The maximum absolute atomic E-state index is 10.7. The third-order valence-corrected chi connectivity index (χ3v) is 5.50. The zero-order valence-corrected chi connectivity index (χ0v) is 13.1. The third-order valence-electron chi connectivity index (χ3n) is 4.27. The van der Waals surface area contributed by atoms with Gasteiger partial charge in [-0.15, -0.1) is 11.3 Å². The molecule has 1 saturated carbocycles. The van der Waals surface area contributed by atoms with Crippen molar-refractivity contribution in [2.45, 2.75) is 58.5 Å². The normalized spacial score (nSPS) is 29.5. The number of rotatable bonds is 2. The Hall–Kier alpha value is -0.0500. The molecule has 0 aliphatic heterocycles. The van der Waals surface area contributed by atoms with Crippen molar-refractivity contribution in [3.05, 3.63) is 21.3 Å². The van der Waals surface area contributed by atoms with Crippen LogP contribution in [-0.4, -0.2) is 10.7 Å². The zero-order chi connectivity index (χ0) is 13.4. The molecular weight excluding hydrogens is 264 g/mol. The maximum atomic E-state index is 10.7. The fraction of sp³-hybridized carbons (Fsp3) is 0.733. The molecule has 1 N–H and O–H groups in total. The molecule has 0 bridgehead atoms. The molecular formula is C15H23ClOS. The van der Waals surface area contributed by atoms with Gasteiger partial charge in [0.1, 0.15) is 0 Å². The van der Waals surface area contributed by atoms with Crippen LogP contribution >= 0.6 is 22.9 Å². The monoisotopic (exact) mass is 286 g/mol. The van der Waals surface area contributed by atoms with Gasteiger partial charge in [0.15, 0.2) is 0 Å². The van der Waals surface area contributed by atoms with Crippen LogP contribution < -0.4 is 0 Å². The van der Waals surface area contributed by atoms with Gasteiger partial charge < -0.3 is 5.11 Å². The van der Waals surface area contributed by atoms with E-state index < -0.39 is 5.60 Å². The molecule has 1 aromatic rings. The molecule has 102 valence electrons. The number of thiophene rings is 1. The Labute approximate surface area is 119 Å². The van der Waals surface area contributed by atoms with Gasteiger partial charge in [-0.1, -0.05) is 32.4 Å². The molecule has 0 spiro atoms. The molecule has 0 unspecified atom stereocenters. The Morgan fingerprint density at radius 2 is 1.94 bits per heavy atom. The van der Waals surface area contributed by atoms with Crippen molar-refractivity contribution in [3.8, 4) is 0 Å². The van der Waals surface area contributed by atoms with Crippen LogP contribution in [0.2, 0.25) is 4.34 Å². The minimum absolute atomic E-state index is 0.369. The number of hydrogen-bond acceptors (Lipinski definition) is 2. The Kier molecular flexibility index (Phi) is 4.10. The highest BCUT2D eigenvalue weighted by atomic mass is 35.5. The molecule has 0 amide bonds. The van der Waals surface area contributed by atoms with Crippen LogP contribution in [0, 0.1) is 11.3 Å². The average molecular weight is 287 g/mol. The van der Waals surface area contributed by atoms with Gasteiger partial charge in [0.25, 0.3) is 0 Å². The summed E-state index contributed by atoms with van der Waals surface area (Å²) in [6.07, 6.45) is 4.88. The van der Waals surface area contributed by atoms with Crippen LogP contribution in [0.15, 0.2) is 12.1 Å². The smallest absolute Gasteiger partial charge is 0.0931 e. The lowest BCUT2D eigenvalue weighted by Gasteiger charge is -2.41. The summed E-state index contributed by atoms with van der Waals surface area (Å²) in [6, 6.07) is 3.96. The second kappa shape index (κ2) is 5.15. The van der Waals surface area contributed by atoms with Gasteiger partial charge in [-0.3, -0.25) is 0 Å². The van der Waals surface area contributed by atoms with E-state index >= 15 is 0 Å². The summed E-state index contributed by atoms with van der Waals surface area (Å²) < 4.78 is 0.817. The highest BCUT2D eigenvalue weighted by molar-refractivity contribution is 7.16. The van der Waals surface area contributed by atoms with Gasteiger partial charge in [0.05, 0.1) is 9.94 Å². The summed E-state index contributed by atoms with van der Waals surface area (Å²) in [5.41, 5.74) is -0.135. The summed E-state index contributed by atoms with van der Waals surface area (Å²) in [5, 5.41) is 10.7. The van der Waals surface area contributed by atoms with E-state index in [9.17, 15) is 5.11 Å². The summed E-state index contributed by atoms with van der Waals surface area (Å²) in [6.45, 7) is 6.92. The van der Waals surface area contributed by atoms with Crippen molar-refractivity contribution in [2.24, 2.45) is 11.3 Å².